The van der Waals surface area contributed by atoms with Gasteiger partial charge in [0.15, 0.2) is 5.82 Å². The van der Waals surface area contributed by atoms with Crippen molar-refractivity contribution in [2.75, 3.05) is 5.73 Å². The molecule has 0 atom stereocenters. The Bertz CT molecular complexity index is 723. The predicted octanol–water partition coefficient (Wildman–Crippen LogP) is 3.28. The van der Waals surface area contributed by atoms with Crippen LogP contribution in [0, 0.1) is 0 Å². The Kier molecular flexibility index (Phi) is 3.14. The SMILES string of the molecule is Nc1cc(Cl)c(Cl)c(-c2nnnn2-c2ccsc2)c1. The zero-order valence-electron chi connectivity index (χ0n) is 9.42. The Morgan fingerprint density at radius 3 is 2.84 bits per heavy atom. The van der Waals surface area contributed by atoms with Crippen molar-refractivity contribution in [1.82, 2.24) is 20.2 Å². The van der Waals surface area contributed by atoms with Crippen LogP contribution in [0.2, 0.25) is 10.0 Å². The van der Waals surface area contributed by atoms with Gasteiger partial charge in [0.05, 0.1) is 15.7 Å². The quantitative estimate of drug-likeness (QED) is 0.737. The van der Waals surface area contributed by atoms with E-state index in [4.69, 9.17) is 28.9 Å². The van der Waals surface area contributed by atoms with Crippen LogP contribution in [0.4, 0.5) is 5.69 Å². The predicted molar refractivity (Wildman–Crippen MR) is 76.9 cm³/mol. The molecule has 0 spiro atoms. The largest absolute Gasteiger partial charge is 0.399 e. The Hall–Kier alpha value is -1.63. The van der Waals surface area contributed by atoms with Crippen molar-refractivity contribution >= 4 is 40.2 Å². The van der Waals surface area contributed by atoms with Gasteiger partial charge in [0, 0.05) is 16.6 Å². The number of nitrogens with two attached hydrogens (primary N) is 1. The number of rotatable bonds is 2. The highest BCUT2D eigenvalue weighted by molar-refractivity contribution is 7.08. The molecule has 2 N–H and O–H groups in total. The summed E-state index contributed by atoms with van der Waals surface area (Å²) in [6, 6.07) is 5.20. The van der Waals surface area contributed by atoms with E-state index >= 15 is 0 Å². The van der Waals surface area contributed by atoms with Crippen LogP contribution >= 0.6 is 34.5 Å². The molecule has 0 aliphatic heterocycles. The average Bonchev–Trinajstić information content (AvgIpc) is 3.02. The Morgan fingerprint density at radius 2 is 2.11 bits per heavy atom. The molecule has 0 fully saturated rings. The van der Waals surface area contributed by atoms with Crippen LogP contribution in [0.15, 0.2) is 29.0 Å². The number of benzene rings is 1. The lowest BCUT2D eigenvalue weighted by molar-refractivity contribution is 0.793. The van der Waals surface area contributed by atoms with E-state index in [-0.39, 0.29) is 0 Å². The lowest BCUT2D eigenvalue weighted by atomic mass is 10.2. The third kappa shape index (κ3) is 2.18. The highest BCUT2D eigenvalue weighted by Crippen LogP contribution is 2.35. The van der Waals surface area contributed by atoms with Gasteiger partial charge in [-0.1, -0.05) is 23.2 Å². The van der Waals surface area contributed by atoms with Crippen LogP contribution < -0.4 is 5.73 Å². The Balaban J connectivity index is 2.22. The van der Waals surface area contributed by atoms with E-state index in [9.17, 15) is 0 Å². The molecule has 8 heteroatoms. The van der Waals surface area contributed by atoms with Gasteiger partial charge in [-0.05, 0) is 34.0 Å². The van der Waals surface area contributed by atoms with Crippen LogP contribution in [0.5, 0.6) is 0 Å². The van der Waals surface area contributed by atoms with Gasteiger partial charge < -0.3 is 5.73 Å². The molecule has 2 aromatic heterocycles. The number of nitrogen functional groups attached to an aromatic ring is 1. The summed E-state index contributed by atoms with van der Waals surface area (Å²) in [4.78, 5) is 0. The number of nitrogens with zero attached hydrogens (tertiary/aromatic N) is 4. The zero-order valence-corrected chi connectivity index (χ0v) is 11.7. The van der Waals surface area contributed by atoms with Gasteiger partial charge >= 0.3 is 0 Å². The van der Waals surface area contributed by atoms with Crippen molar-refractivity contribution in [2.45, 2.75) is 0 Å². The lowest BCUT2D eigenvalue weighted by Gasteiger charge is -2.07. The summed E-state index contributed by atoms with van der Waals surface area (Å²) in [7, 11) is 0. The van der Waals surface area contributed by atoms with Crippen molar-refractivity contribution < 1.29 is 0 Å². The van der Waals surface area contributed by atoms with Gasteiger partial charge in [0.25, 0.3) is 0 Å². The minimum absolute atomic E-state index is 0.372. The van der Waals surface area contributed by atoms with Crippen LogP contribution in [-0.4, -0.2) is 20.2 Å². The number of thiophene rings is 1. The van der Waals surface area contributed by atoms with Crippen molar-refractivity contribution in [3.8, 4) is 17.1 Å². The van der Waals surface area contributed by atoms with Crippen molar-refractivity contribution in [3.05, 3.63) is 39.0 Å². The molecule has 0 bridgehead atoms. The minimum atomic E-state index is 0.372. The molecule has 0 unspecified atom stereocenters. The first-order chi connectivity index (χ1) is 9.16. The van der Waals surface area contributed by atoms with E-state index < -0.39 is 0 Å². The summed E-state index contributed by atoms with van der Waals surface area (Å²) in [5.41, 5.74) is 7.75. The highest BCUT2D eigenvalue weighted by atomic mass is 35.5. The van der Waals surface area contributed by atoms with Crippen molar-refractivity contribution in [1.29, 1.82) is 0 Å². The maximum Gasteiger partial charge on any atom is 0.188 e. The molecule has 0 radical (unpaired) electrons. The normalized spacial score (nSPS) is 10.8. The van der Waals surface area contributed by atoms with Crippen LogP contribution in [0.1, 0.15) is 0 Å². The fourth-order valence-corrected chi connectivity index (χ4v) is 2.72. The maximum absolute atomic E-state index is 6.20. The third-order valence-electron chi connectivity index (χ3n) is 2.51. The molecule has 96 valence electrons. The number of aromatic nitrogens is 4. The van der Waals surface area contributed by atoms with Gasteiger partial charge in [-0.25, -0.2) is 0 Å². The Morgan fingerprint density at radius 1 is 1.26 bits per heavy atom. The average molecular weight is 312 g/mol. The molecule has 0 aliphatic rings. The first kappa shape index (κ1) is 12.4. The molecular formula is C11H7Cl2N5S. The molecule has 0 saturated heterocycles. The number of hydrogen-bond acceptors (Lipinski definition) is 5. The first-order valence-corrected chi connectivity index (χ1v) is 6.92. The minimum Gasteiger partial charge on any atom is -0.399 e. The molecule has 3 rings (SSSR count). The summed E-state index contributed by atoms with van der Waals surface area (Å²) < 4.78 is 1.59. The highest BCUT2D eigenvalue weighted by Gasteiger charge is 2.16. The second kappa shape index (κ2) is 4.80. The number of hydrogen-bond donors (Lipinski definition) is 1. The third-order valence-corrected chi connectivity index (χ3v) is 3.98. The van der Waals surface area contributed by atoms with E-state index in [0.29, 0.717) is 27.1 Å². The summed E-state index contributed by atoms with van der Waals surface area (Å²) in [5.74, 6) is 0.498. The first-order valence-electron chi connectivity index (χ1n) is 5.22. The van der Waals surface area contributed by atoms with Crippen molar-refractivity contribution in [2.24, 2.45) is 0 Å². The fourth-order valence-electron chi connectivity index (χ4n) is 1.68. The molecule has 2 heterocycles. The second-order valence-corrected chi connectivity index (χ2v) is 5.33. The number of halogens is 2. The van der Waals surface area contributed by atoms with Gasteiger partial charge in [0.1, 0.15) is 0 Å². The number of tetrazole rings is 1. The van der Waals surface area contributed by atoms with E-state index in [1.54, 1.807) is 28.2 Å². The summed E-state index contributed by atoms with van der Waals surface area (Å²) in [6.07, 6.45) is 0. The molecule has 19 heavy (non-hydrogen) atoms. The molecule has 0 aliphatic carbocycles. The van der Waals surface area contributed by atoms with E-state index in [1.165, 1.54) is 0 Å². The maximum atomic E-state index is 6.20. The fraction of sp³-hybridized carbons (Fsp3) is 0. The summed E-state index contributed by atoms with van der Waals surface area (Å²) in [5, 5.41) is 16.2. The topological polar surface area (TPSA) is 69.6 Å². The molecule has 5 nitrogen and oxygen atoms in total. The second-order valence-electron chi connectivity index (χ2n) is 3.76. The van der Waals surface area contributed by atoms with Gasteiger partial charge in [-0.3, -0.25) is 0 Å². The van der Waals surface area contributed by atoms with Crippen LogP contribution in [-0.2, 0) is 0 Å². The lowest BCUT2D eigenvalue weighted by Crippen LogP contribution is -1.99. The standard InChI is InChI=1S/C11H7Cl2N5S/c12-9-4-6(14)3-8(10(9)13)11-15-16-17-18(11)7-1-2-19-5-7/h1-5H,14H2. The van der Waals surface area contributed by atoms with E-state index in [0.717, 1.165) is 5.69 Å². The molecule has 0 saturated carbocycles. The molecule has 0 amide bonds. The van der Waals surface area contributed by atoms with E-state index in [2.05, 4.69) is 15.5 Å². The zero-order chi connectivity index (χ0) is 13.4. The van der Waals surface area contributed by atoms with Gasteiger partial charge in [0.2, 0.25) is 0 Å². The molecule has 3 aromatic rings. The Labute approximate surface area is 122 Å². The van der Waals surface area contributed by atoms with Crippen molar-refractivity contribution in [3.63, 3.8) is 0 Å². The smallest absolute Gasteiger partial charge is 0.188 e. The number of anilines is 1. The van der Waals surface area contributed by atoms with E-state index in [1.807, 2.05) is 16.8 Å². The monoisotopic (exact) mass is 311 g/mol. The van der Waals surface area contributed by atoms with Gasteiger partial charge in [-0.2, -0.15) is 16.0 Å². The van der Waals surface area contributed by atoms with Crippen LogP contribution in [0.25, 0.3) is 17.1 Å². The van der Waals surface area contributed by atoms with Gasteiger partial charge in [-0.15, -0.1) is 5.10 Å². The molecule has 1 aromatic carbocycles. The van der Waals surface area contributed by atoms with Crippen LogP contribution in [0.3, 0.4) is 0 Å². The summed E-state index contributed by atoms with van der Waals surface area (Å²) >= 11 is 13.8. The summed E-state index contributed by atoms with van der Waals surface area (Å²) in [6.45, 7) is 0. The molecular weight excluding hydrogens is 305 g/mol.